The standard InChI is InChI=1S/C24H25F3N6O3/c1-32-9-7-20(8-10-32)33-15-22(36-31-33)30-23(35)29-19-13-17(24(25,26)27)12-18(14-19)28-21(34)11-16-5-3-2-4-6-16/h2-6,12-15,20H,7-11H2,1H3,(H2-,28,29,30,31,34,35). The van der Waals surface area contributed by atoms with E-state index >= 15 is 0 Å². The van der Waals surface area contributed by atoms with E-state index in [1.807, 2.05) is 7.05 Å². The van der Waals surface area contributed by atoms with Crippen LogP contribution in [0.2, 0.25) is 0 Å². The van der Waals surface area contributed by atoms with Crippen molar-refractivity contribution in [1.82, 2.24) is 10.2 Å². The van der Waals surface area contributed by atoms with Crippen LogP contribution in [0, 0.1) is 0 Å². The lowest BCUT2D eigenvalue weighted by Gasteiger charge is -2.23. The minimum Gasteiger partial charge on any atom is -0.861 e. The molecule has 12 heteroatoms. The summed E-state index contributed by atoms with van der Waals surface area (Å²) in [6, 6.07) is 10.7. The van der Waals surface area contributed by atoms with E-state index in [-0.39, 0.29) is 29.7 Å². The SMILES string of the molecule is CN1CCC([n+]2cc(NC(=O)Nc3cc(N=C([O-])Cc4ccccc4)cc(C(F)(F)F)c3)on2)CC1. The maximum Gasteiger partial charge on any atom is 0.416 e. The molecule has 1 aliphatic rings. The molecule has 0 atom stereocenters. The maximum absolute atomic E-state index is 13.4. The zero-order chi connectivity index (χ0) is 25.7. The predicted octanol–water partition coefficient (Wildman–Crippen LogP) is 3.52. The highest BCUT2D eigenvalue weighted by molar-refractivity contribution is 5.99. The van der Waals surface area contributed by atoms with Gasteiger partial charge in [0, 0.05) is 38.0 Å². The minimum atomic E-state index is -4.70. The highest BCUT2D eigenvalue weighted by Gasteiger charge is 2.32. The van der Waals surface area contributed by atoms with E-state index < -0.39 is 23.7 Å². The number of rotatable bonds is 6. The number of benzene rings is 2. The van der Waals surface area contributed by atoms with Crippen LogP contribution in [0.25, 0.3) is 0 Å². The summed E-state index contributed by atoms with van der Waals surface area (Å²) in [6.45, 7) is 1.81. The molecule has 36 heavy (non-hydrogen) atoms. The second-order valence-electron chi connectivity index (χ2n) is 8.59. The monoisotopic (exact) mass is 502 g/mol. The molecule has 1 saturated heterocycles. The van der Waals surface area contributed by atoms with Crippen molar-refractivity contribution in [3.05, 3.63) is 65.9 Å². The fourth-order valence-corrected chi connectivity index (χ4v) is 3.88. The van der Waals surface area contributed by atoms with Crippen LogP contribution in [-0.4, -0.2) is 42.2 Å². The average Bonchev–Trinajstić information content (AvgIpc) is 3.27. The third kappa shape index (κ3) is 6.81. The van der Waals surface area contributed by atoms with Crippen LogP contribution in [0.5, 0.6) is 0 Å². The Kier molecular flexibility index (Phi) is 7.53. The number of aliphatic imine (C=N–C) groups is 1. The lowest BCUT2D eigenvalue weighted by Crippen LogP contribution is -2.46. The van der Waals surface area contributed by atoms with Crippen molar-refractivity contribution in [2.75, 3.05) is 30.8 Å². The number of carbonyl (C=O) groups is 1. The largest absolute Gasteiger partial charge is 0.861 e. The molecule has 0 unspecified atom stereocenters. The smallest absolute Gasteiger partial charge is 0.416 e. The molecule has 0 spiro atoms. The third-order valence-electron chi connectivity index (χ3n) is 5.74. The molecule has 2 heterocycles. The van der Waals surface area contributed by atoms with Gasteiger partial charge in [-0.15, -0.1) is 0 Å². The summed E-state index contributed by atoms with van der Waals surface area (Å²) >= 11 is 0. The number of nitrogens with zero attached hydrogens (tertiary/aromatic N) is 4. The third-order valence-corrected chi connectivity index (χ3v) is 5.74. The number of likely N-dealkylation sites (tertiary alicyclic amines) is 1. The Morgan fingerprint density at radius 3 is 2.61 bits per heavy atom. The predicted molar refractivity (Wildman–Crippen MR) is 124 cm³/mol. The average molecular weight is 502 g/mol. The van der Waals surface area contributed by atoms with Crippen LogP contribution in [-0.2, 0) is 12.6 Å². The molecule has 9 nitrogen and oxygen atoms in total. The molecular formula is C24H25F3N6O3. The molecule has 190 valence electrons. The molecule has 1 aromatic heterocycles. The zero-order valence-electron chi connectivity index (χ0n) is 19.5. The Morgan fingerprint density at radius 2 is 1.92 bits per heavy atom. The van der Waals surface area contributed by atoms with E-state index in [1.165, 1.54) is 12.3 Å². The molecule has 0 saturated carbocycles. The number of alkyl halides is 3. The first-order valence-electron chi connectivity index (χ1n) is 11.3. The fourth-order valence-electron chi connectivity index (χ4n) is 3.88. The van der Waals surface area contributed by atoms with Crippen molar-refractivity contribution in [3.63, 3.8) is 0 Å². The molecular weight excluding hydrogens is 477 g/mol. The van der Waals surface area contributed by atoms with Gasteiger partial charge in [0.2, 0.25) is 5.27 Å². The summed E-state index contributed by atoms with van der Waals surface area (Å²) in [4.78, 5) is 18.4. The summed E-state index contributed by atoms with van der Waals surface area (Å²) in [6.07, 6.45) is -1.49. The Bertz CT molecular complexity index is 1220. The van der Waals surface area contributed by atoms with Crippen LogP contribution in [0.15, 0.2) is 64.2 Å². The summed E-state index contributed by atoms with van der Waals surface area (Å²) < 4.78 is 47.1. The molecule has 0 aliphatic carbocycles. The Balaban J connectivity index is 1.46. The van der Waals surface area contributed by atoms with E-state index in [0.717, 1.165) is 38.1 Å². The van der Waals surface area contributed by atoms with Gasteiger partial charge in [-0.25, -0.2) is 4.79 Å². The molecule has 2 aromatic carbocycles. The van der Waals surface area contributed by atoms with Crippen molar-refractivity contribution in [1.29, 1.82) is 0 Å². The van der Waals surface area contributed by atoms with Gasteiger partial charge in [-0.3, -0.25) is 14.8 Å². The number of hydrogen-bond donors (Lipinski definition) is 2. The molecule has 2 amide bonds. The van der Waals surface area contributed by atoms with Gasteiger partial charge in [-0.1, -0.05) is 30.3 Å². The first-order valence-corrected chi connectivity index (χ1v) is 11.3. The normalized spacial score (nSPS) is 15.6. The summed E-state index contributed by atoms with van der Waals surface area (Å²) in [5.41, 5.74) is -0.774. The van der Waals surface area contributed by atoms with Crippen molar-refractivity contribution in [3.8, 4) is 0 Å². The number of nitrogens with one attached hydrogen (secondary N) is 2. The van der Waals surface area contributed by atoms with E-state index in [9.17, 15) is 23.1 Å². The minimum absolute atomic E-state index is 0.0429. The number of amides is 2. The van der Waals surface area contributed by atoms with Crippen molar-refractivity contribution in [2.45, 2.75) is 31.5 Å². The Labute approximate surface area is 205 Å². The summed E-state index contributed by atoms with van der Waals surface area (Å²) in [5.74, 6) is -0.572. The maximum atomic E-state index is 13.4. The highest BCUT2D eigenvalue weighted by atomic mass is 19.4. The van der Waals surface area contributed by atoms with E-state index in [0.29, 0.717) is 5.56 Å². The van der Waals surface area contributed by atoms with Crippen LogP contribution < -0.4 is 20.4 Å². The van der Waals surface area contributed by atoms with Gasteiger partial charge in [-0.2, -0.15) is 13.2 Å². The molecule has 1 fully saturated rings. The molecule has 2 N–H and O–H groups in total. The quantitative estimate of drug-likeness (QED) is 0.305. The lowest BCUT2D eigenvalue weighted by molar-refractivity contribution is -0.787. The van der Waals surface area contributed by atoms with E-state index in [1.54, 1.807) is 35.0 Å². The van der Waals surface area contributed by atoms with Gasteiger partial charge in [0.25, 0.3) is 6.20 Å². The van der Waals surface area contributed by atoms with E-state index in [2.05, 4.69) is 25.8 Å². The number of urea groups is 1. The second-order valence-corrected chi connectivity index (χ2v) is 8.59. The van der Waals surface area contributed by atoms with Gasteiger partial charge in [0.15, 0.2) is 6.04 Å². The Hall–Kier alpha value is -3.93. The first-order chi connectivity index (χ1) is 17.2. The number of piperidine rings is 1. The Morgan fingerprint density at radius 1 is 1.19 bits per heavy atom. The summed E-state index contributed by atoms with van der Waals surface area (Å²) in [7, 11) is 2.03. The summed E-state index contributed by atoms with van der Waals surface area (Å²) in [5, 5.41) is 21.0. The number of halogens is 3. The molecule has 1 aliphatic heterocycles. The van der Waals surface area contributed by atoms with E-state index in [4.69, 9.17) is 4.52 Å². The lowest BCUT2D eigenvalue weighted by atomic mass is 10.1. The number of anilines is 2. The molecule has 0 bridgehead atoms. The van der Waals surface area contributed by atoms with Gasteiger partial charge in [-0.05, 0) is 41.4 Å². The van der Waals surface area contributed by atoms with Gasteiger partial charge < -0.3 is 15.3 Å². The second kappa shape index (κ2) is 10.8. The molecule has 4 rings (SSSR count). The molecule has 0 radical (unpaired) electrons. The number of carbonyl (C=O) groups excluding carboxylic acids is 1. The van der Waals surface area contributed by atoms with Crippen molar-refractivity contribution >= 4 is 29.2 Å². The first kappa shape index (κ1) is 25.2. The van der Waals surface area contributed by atoms with Crippen molar-refractivity contribution < 1.29 is 32.3 Å². The van der Waals surface area contributed by atoms with Gasteiger partial charge in [0.1, 0.15) is 0 Å². The van der Waals surface area contributed by atoms with Crippen LogP contribution in [0.3, 0.4) is 0 Å². The highest BCUT2D eigenvalue weighted by Crippen LogP contribution is 2.34. The fraction of sp³-hybridized carbons (Fsp3) is 0.333. The van der Waals surface area contributed by atoms with Crippen LogP contribution >= 0.6 is 0 Å². The number of aromatic nitrogens is 2. The van der Waals surface area contributed by atoms with Gasteiger partial charge in [0.05, 0.1) is 11.3 Å². The number of hydrogen-bond acceptors (Lipinski definition) is 6. The zero-order valence-corrected chi connectivity index (χ0v) is 19.5. The van der Waals surface area contributed by atoms with Crippen molar-refractivity contribution in [2.24, 2.45) is 4.99 Å². The topological polar surface area (TPSA) is 110 Å². The van der Waals surface area contributed by atoms with Gasteiger partial charge >= 0.3 is 18.1 Å². The molecule has 3 aromatic rings. The van der Waals surface area contributed by atoms with Crippen LogP contribution in [0.1, 0.15) is 30.0 Å². The van der Waals surface area contributed by atoms with Crippen LogP contribution in [0.4, 0.5) is 35.2 Å².